The number of carbonyl (C=O) groups excluding carboxylic acids is 2. The Kier molecular flexibility index (Phi) is 8.23. The Morgan fingerprint density at radius 3 is 2.59 bits per heavy atom. The van der Waals surface area contributed by atoms with Gasteiger partial charge in [0.15, 0.2) is 0 Å². The molecule has 2 amide bonds. The van der Waals surface area contributed by atoms with Crippen LogP contribution >= 0.6 is 11.3 Å². The monoisotopic (exact) mass is 422 g/mol. The molecule has 0 aromatic carbocycles. The van der Waals surface area contributed by atoms with Gasteiger partial charge in [0.2, 0.25) is 22.1 Å². The summed E-state index contributed by atoms with van der Waals surface area (Å²) in [5.74, 6) is 0.390. The van der Waals surface area contributed by atoms with Gasteiger partial charge in [-0.25, -0.2) is 0 Å². The molecule has 9 heteroatoms. The number of anilines is 2. The molecule has 162 valence electrons. The van der Waals surface area contributed by atoms with Crippen LogP contribution in [0, 0.1) is 5.92 Å². The van der Waals surface area contributed by atoms with E-state index in [-0.39, 0.29) is 17.7 Å². The summed E-state index contributed by atoms with van der Waals surface area (Å²) in [6, 6.07) is 0. The standard InChI is InChI=1S/C20H34N6O2S/c1-3-5-11-24(4-2)15-10-21-18(28)16-8-13-25(14-9-16)19-22-23-20(29-19)26-12-6-7-17(26)27/h16H,3-15H2,1-2H3,(H,21,28). The number of aromatic nitrogens is 2. The summed E-state index contributed by atoms with van der Waals surface area (Å²) >= 11 is 1.48. The van der Waals surface area contributed by atoms with Crippen molar-refractivity contribution in [1.29, 1.82) is 0 Å². The summed E-state index contributed by atoms with van der Waals surface area (Å²) < 4.78 is 0. The van der Waals surface area contributed by atoms with Gasteiger partial charge in [0.25, 0.3) is 0 Å². The average molecular weight is 423 g/mol. The molecule has 2 aliphatic rings. The number of unbranched alkanes of at least 4 members (excludes halogenated alkanes) is 1. The quantitative estimate of drug-likeness (QED) is 0.622. The van der Waals surface area contributed by atoms with Gasteiger partial charge in [-0.2, -0.15) is 0 Å². The highest BCUT2D eigenvalue weighted by atomic mass is 32.1. The van der Waals surface area contributed by atoms with Crippen molar-refractivity contribution in [2.75, 3.05) is 55.6 Å². The van der Waals surface area contributed by atoms with Crippen LogP contribution in [0.3, 0.4) is 0 Å². The third-order valence-electron chi connectivity index (χ3n) is 5.85. The van der Waals surface area contributed by atoms with Gasteiger partial charge in [-0.1, -0.05) is 31.6 Å². The van der Waals surface area contributed by atoms with Crippen LogP contribution in [-0.2, 0) is 9.59 Å². The molecule has 3 heterocycles. The van der Waals surface area contributed by atoms with E-state index in [0.29, 0.717) is 11.6 Å². The Hall–Kier alpha value is -1.74. The van der Waals surface area contributed by atoms with E-state index in [1.807, 2.05) is 0 Å². The summed E-state index contributed by atoms with van der Waals surface area (Å²) in [6.45, 7) is 10.5. The maximum absolute atomic E-state index is 12.5. The van der Waals surface area contributed by atoms with Crippen molar-refractivity contribution in [1.82, 2.24) is 20.4 Å². The summed E-state index contributed by atoms with van der Waals surface area (Å²) in [4.78, 5) is 30.7. The van der Waals surface area contributed by atoms with Gasteiger partial charge in [0, 0.05) is 45.1 Å². The van der Waals surface area contributed by atoms with Crippen LogP contribution in [-0.4, -0.2) is 72.7 Å². The Balaban J connectivity index is 1.40. The third-order valence-corrected chi connectivity index (χ3v) is 6.85. The topological polar surface area (TPSA) is 81.7 Å². The summed E-state index contributed by atoms with van der Waals surface area (Å²) in [7, 11) is 0. The molecule has 0 aliphatic carbocycles. The van der Waals surface area contributed by atoms with Crippen molar-refractivity contribution in [3.63, 3.8) is 0 Å². The van der Waals surface area contributed by atoms with E-state index in [0.717, 1.165) is 70.2 Å². The third kappa shape index (κ3) is 5.88. The molecule has 8 nitrogen and oxygen atoms in total. The maximum atomic E-state index is 12.5. The zero-order valence-electron chi connectivity index (χ0n) is 17.7. The largest absolute Gasteiger partial charge is 0.355 e. The summed E-state index contributed by atoms with van der Waals surface area (Å²) in [5, 5.41) is 13.2. The molecular weight excluding hydrogens is 388 g/mol. The molecule has 1 N–H and O–H groups in total. The van der Waals surface area contributed by atoms with Crippen molar-refractivity contribution in [3.05, 3.63) is 0 Å². The van der Waals surface area contributed by atoms with E-state index >= 15 is 0 Å². The molecule has 0 spiro atoms. The molecule has 0 bridgehead atoms. The van der Waals surface area contributed by atoms with Crippen molar-refractivity contribution in [3.8, 4) is 0 Å². The minimum absolute atomic E-state index is 0.0736. The lowest BCUT2D eigenvalue weighted by Gasteiger charge is -2.31. The van der Waals surface area contributed by atoms with E-state index in [9.17, 15) is 9.59 Å². The van der Waals surface area contributed by atoms with Crippen LogP contribution < -0.4 is 15.1 Å². The Morgan fingerprint density at radius 1 is 1.17 bits per heavy atom. The molecule has 0 radical (unpaired) electrons. The van der Waals surface area contributed by atoms with Crippen molar-refractivity contribution < 1.29 is 9.59 Å². The van der Waals surface area contributed by atoms with Gasteiger partial charge >= 0.3 is 0 Å². The SMILES string of the molecule is CCCCN(CC)CCNC(=O)C1CCN(c2nnc(N3CCCC3=O)s2)CC1. The first kappa shape index (κ1) is 22.0. The zero-order chi connectivity index (χ0) is 20.6. The number of amides is 2. The number of nitrogens with zero attached hydrogens (tertiary/aromatic N) is 5. The van der Waals surface area contributed by atoms with Gasteiger partial charge in [-0.05, 0) is 38.8 Å². The van der Waals surface area contributed by atoms with Gasteiger partial charge in [0.05, 0.1) is 0 Å². The highest BCUT2D eigenvalue weighted by molar-refractivity contribution is 7.19. The van der Waals surface area contributed by atoms with Crippen LogP contribution in [0.5, 0.6) is 0 Å². The molecule has 0 saturated carbocycles. The number of nitrogens with one attached hydrogen (secondary N) is 1. The highest BCUT2D eigenvalue weighted by Gasteiger charge is 2.29. The Morgan fingerprint density at radius 2 is 1.93 bits per heavy atom. The van der Waals surface area contributed by atoms with E-state index in [2.05, 4.69) is 39.2 Å². The number of carbonyl (C=O) groups is 2. The van der Waals surface area contributed by atoms with Crippen LogP contribution in [0.4, 0.5) is 10.3 Å². The molecule has 1 aromatic heterocycles. The molecule has 2 saturated heterocycles. The van der Waals surface area contributed by atoms with E-state index in [1.54, 1.807) is 4.90 Å². The predicted molar refractivity (Wildman–Crippen MR) is 116 cm³/mol. The van der Waals surface area contributed by atoms with E-state index in [4.69, 9.17) is 0 Å². The maximum Gasteiger partial charge on any atom is 0.228 e. The molecule has 1 aromatic rings. The van der Waals surface area contributed by atoms with Gasteiger partial charge < -0.3 is 15.1 Å². The number of likely N-dealkylation sites (N-methyl/N-ethyl adjacent to an activating group) is 1. The Bertz CT molecular complexity index is 674. The first-order valence-corrected chi connectivity index (χ1v) is 11.8. The predicted octanol–water partition coefficient (Wildman–Crippen LogP) is 2.12. The van der Waals surface area contributed by atoms with Crippen molar-refractivity contribution in [2.45, 2.75) is 52.4 Å². The number of rotatable bonds is 10. The first-order valence-electron chi connectivity index (χ1n) is 11.0. The molecular formula is C20H34N6O2S. The lowest BCUT2D eigenvalue weighted by molar-refractivity contribution is -0.125. The fraction of sp³-hybridized carbons (Fsp3) is 0.800. The molecule has 2 fully saturated rings. The molecule has 3 rings (SSSR count). The normalized spacial score (nSPS) is 18.1. The second kappa shape index (κ2) is 10.9. The second-order valence-corrected chi connectivity index (χ2v) is 8.79. The Labute approximate surface area is 177 Å². The van der Waals surface area contributed by atoms with Crippen LogP contribution in [0.15, 0.2) is 0 Å². The molecule has 2 aliphatic heterocycles. The van der Waals surface area contributed by atoms with Gasteiger partial charge in [-0.3, -0.25) is 14.5 Å². The van der Waals surface area contributed by atoms with E-state index in [1.165, 1.54) is 24.2 Å². The average Bonchev–Trinajstić information content (AvgIpc) is 3.39. The van der Waals surface area contributed by atoms with Crippen LogP contribution in [0.1, 0.15) is 52.4 Å². The van der Waals surface area contributed by atoms with Crippen molar-refractivity contribution in [2.24, 2.45) is 5.92 Å². The fourth-order valence-corrected chi connectivity index (χ4v) is 4.86. The minimum Gasteiger partial charge on any atom is -0.355 e. The lowest BCUT2D eigenvalue weighted by atomic mass is 9.96. The number of hydrogen-bond acceptors (Lipinski definition) is 7. The van der Waals surface area contributed by atoms with Crippen LogP contribution in [0.2, 0.25) is 0 Å². The first-order chi connectivity index (χ1) is 14.1. The van der Waals surface area contributed by atoms with Gasteiger partial charge in [-0.15, -0.1) is 10.2 Å². The van der Waals surface area contributed by atoms with Crippen LogP contribution in [0.25, 0.3) is 0 Å². The smallest absolute Gasteiger partial charge is 0.228 e. The number of piperidine rings is 1. The van der Waals surface area contributed by atoms with Crippen molar-refractivity contribution >= 4 is 33.4 Å². The summed E-state index contributed by atoms with van der Waals surface area (Å²) in [6.07, 6.45) is 5.56. The number of hydrogen-bond donors (Lipinski definition) is 1. The van der Waals surface area contributed by atoms with E-state index < -0.39 is 0 Å². The second-order valence-electron chi connectivity index (χ2n) is 7.86. The molecule has 0 atom stereocenters. The molecule has 29 heavy (non-hydrogen) atoms. The zero-order valence-corrected chi connectivity index (χ0v) is 18.5. The highest BCUT2D eigenvalue weighted by Crippen LogP contribution is 2.32. The molecule has 0 unspecified atom stereocenters. The fourth-order valence-electron chi connectivity index (χ4n) is 3.92. The lowest BCUT2D eigenvalue weighted by Crippen LogP contribution is -2.42. The van der Waals surface area contributed by atoms with Gasteiger partial charge in [0.1, 0.15) is 0 Å². The summed E-state index contributed by atoms with van der Waals surface area (Å²) in [5.41, 5.74) is 0. The minimum atomic E-state index is 0.0736.